The van der Waals surface area contributed by atoms with E-state index in [9.17, 15) is 18.4 Å². The average molecular weight is 427 g/mol. The zero-order valence-corrected chi connectivity index (χ0v) is 17.4. The number of halogens is 2. The van der Waals surface area contributed by atoms with Gasteiger partial charge in [-0.05, 0) is 55.2 Å². The third-order valence-corrected chi connectivity index (χ3v) is 6.33. The van der Waals surface area contributed by atoms with Gasteiger partial charge in [0.2, 0.25) is 5.91 Å². The first-order valence-corrected chi connectivity index (χ1v) is 10.9. The summed E-state index contributed by atoms with van der Waals surface area (Å²) >= 11 is 0. The molecule has 5 nitrogen and oxygen atoms in total. The lowest BCUT2D eigenvalue weighted by Crippen LogP contribution is -2.57. The van der Waals surface area contributed by atoms with E-state index in [-0.39, 0.29) is 35.2 Å². The summed E-state index contributed by atoms with van der Waals surface area (Å²) < 4.78 is 27.2. The first kappa shape index (κ1) is 21.4. The molecule has 2 aromatic rings. The Morgan fingerprint density at radius 2 is 1.55 bits per heavy atom. The summed E-state index contributed by atoms with van der Waals surface area (Å²) in [6, 6.07) is 11.5. The number of hydrogen-bond acceptors (Lipinski definition) is 3. The van der Waals surface area contributed by atoms with E-state index >= 15 is 0 Å². The molecule has 31 heavy (non-hydrogen) atoms. The minimum absolute atomic E-state index is 0.0809. The van der Waals surface area contributed by atoms with Crippen LogP contribution in [0.5, 0.6) is 0 Å². The molecule has 1 atom stereocenters. The normalized spacial score (nSPS) is 18.7. The molecule has 0 radical (unpaired) electrons. The van der Waals surface area contributed by atoms with Crippen LogP contribution in [-0.2, 0) is 4.79 Å². The molecule has 2 aromatic carbocycles. The number of piperazine rings is 1. The van der Waals surface area contributed by atoms with Gasteiger partial charge in [0.05, 0.1) is 11.6 Å². The summed E-state index contributed by atoms with van der Waals surface area (Å²) in [6.45, 7) is 2.00. The maximum absolute atomic E-state index is 14.0. The molecule has 4 rings (SSSR count). The molecule has 1 saturated carbocycles. The summed E-state index contributed by atoms with van der Waals surface area (Å²) in [4.78, 5) is 29.7. The lowest BCUT2D eigenvalue weighted by Gasteiger charge is -2.40. The number of anilines is 1. The lowest BCUT2D eigenvalue weighted by atomic mass is 9.94. The van der Waals surface area contributed by atoms with Gasteiger partial charge in [-0.15, -0.1) is 0 Å². The Hall–Kier alpha value is -2.80. The van der Waals surface area contributed by atoms with Crippen LogP contribution in [0.2, 0.25) is 0 Å². The maximum Gasteiger partial charge on any atom is 0.256 e. The van der Waals surface area contributed by atoms with E-state index in [1.54, 1.807) is 29.2 Å². The maximum atomic E-state index is 14.0. The first-order chi connectivity index (χ1) is 15.0. The number of carbonyl (C=O) groups excluding carboxylic acids is 2. The van der Waals surface area contributed by atoms with Crippen molar-refractivity contribution < 1.29 is 18.4 Å². The van der Waals surface area contributed by atoms with Gasteiger partial charge in [0.25, 0.3) is 5.91 Å². The van der Waals surface area contributed by atoms with Crippen molar-refractivity contribution in [1.29, 1.82) is 0 Å². The van der Waals surface area contributed by atoms with Gasteiger partial charge in [-0.1, -0.05) is 25.0 Å². The number of benzene rings is 2. The van der Waals surface area contributed by atoms with Crippen LogP contribution in [0.1, 0.15) is 36.0 Å². The molecule has 1 unspecified atom stereocenters. The number of carbonyl (C=O) groups is 2. The van der Waals surface area contributed by atoms with Gasteiger partial charge in [0.1, 0.15) is 11.6 Å². The van der Waals surface area contributed by atoms with Gasteiger partial charge in [0.15, 0.2) is 0 Å². The van der Waals surface area contributed by atoms with Crippen molar-refractivity contribution in [2.75, 3.05) is 31.5 Å². The molecular formula is C24H27F2N3O2. The second kappa shape index (κ2) is 9.56. The fourth-order valence-corrected chi connectivity index (χ4v) is 4.71. The fourth-order valence-electron chi connectivity index (χ4n) is 4.71. The van der Waals surface area contributed by atoms with E-state index in [1.807, 2.05) is 0 Å². The SMILES string of the molecule is O=C(Nc1ccc(F)cc1)C(C1CCCC1)N1CCN(C(=O)c2ccccc2F)CC1. The molecule has 1 saturated heterocycles. The van der Waals surface area contributed by atoms with E-state index in [0.29, 0.717) is 31.9 Å². The summed E-state index contributed by atoms with van der Waals surface area (Å²) in [7, 11) is 0. The minimum Gasteiger partial charge on any atom is -0.336 e. The molecule has 164 valence electrons. The van der Waals surface area contributed by atoms with Crippen molar-refractivity contribution in [2.45, 2.75) is 31.7 Å². The molecule has 2 amide bonds. The van der Waals surface area contributed by atoms with Crippen molar-refractivity contribution in [2.24, 2.45) is 5.92 Å². The molecule has 1 aliphatic carbocycles. The number of rotatable bonds is 5. The Labute approximate surface area is 181 Å². The van der Waals surface area contributed by atoms with Gasteiger partial charge in [0, 0.05) is 31.9 Å². The van der Waals surface area contributed by atoms with E-state index in [4.69, 9.17) is 0 Å². The number of nitrogens with zero attached hydrogens (tertiary/aromatic N) is 2. The molecular weight excluding hydrogens is 400 g/mol. The highest BCUT2D eigenvalue weighted by Gasteiger charge is 2.37. The van der Waals surface area contributed by atoms with Crippen LogP contribution in [-0.4, -0.2) is 53.8 Å². The Bertz CT molecular complexity index is 921. The van der Waals surface area contributed by atoms with Crippen molar-refractivity contribution >= 4 is 17.5 Å². The molecule has 1 N–H and O–H groups in total. The number of nitrogens with one attached hydrogen (secondary N) is 1. The molecule has 2 fully saturated rings. The predicted octanol–water partition coefficient (Wildman–Crippen LogP) is 3.92. The van der Waals surface area contributed by atoms with Gasteiger partial charge < -0.3 is 10.2 Å². The Balaban J connectivity index is 1.43. The first-order valence-electron chi connectivity index (χ1n) is 10.9. The predicted molar refractivity (Wildman–Crippen MR) is 115 cm³/mol. The summed E-state index contributed by atoms with van der Waals surface area (Å²) in [5.74, 6) is -1.01. The standard InChI is InChI=1S/C24H27F2N3O2/c25-18-9-11-19(12-10-18)27-23(30)22(17-5-1-2-6-17)28-13-15-29(16-14-28)24(31)20-7-3-4-8-21(20)26/h3-4,7-12,17,22H,1-2,5-6,13-16H2,(H,27,30). The Morgan fingerprint density at radius 3 is 2.19 bits per heavy atom. The quantitative estimate of drug-likeness (QED) is 0.787. The zero-order valence-electron chi connectivity index (χ0n) is 17.4. The van der Waals surface area contributed by atoms with Gasteiger partial charge in [-0.3, -0.25) is 14.5 Å². The van der Waals surface area contributed by atoms with E-state index in [0.717, 1.165) is 25.7 Å². The van der Waals surface area contributed by atoms with Crippen LogP contribution in [0.4, 0.5) is 14.5 Å². The Morgan fingerprint density at radius 1 is 0.903 bits per heavy atom. The second-order valence-corrected chi connectivity index (χ2v) is 8.29. The largest absolute Gasteiger partial charge is 0.336 e. The summed E-state index contributed by atoms with van der Waals surface area (Å²) in [6.07, 6.45) is 4.21. The van der Waals surface area contributed by atoms with Crippen LogP contribution < -0.4 is 5.32 Å². The Kier molecular flexibility index (Phi) is 6.61. The van der Waals surface area contributed by atoms with Gasteiger partial charge >= 0.3 is 0 Å². The lowest BCUT2D eigenvalue weighted by molar-refractivity contribution is -0.123. The molecule has 1 aliphatic heterocycles. The van der Waals surface area contributed by atoms with Crippen LogP contribution in [0.25, 0.3) is 0 Å². The highest BCUT2D eigenvalue weighted by atomic mass is 19.1. The van der Waals surface area contributed by atoms with Crippen molar-refractivity contribution in [1.82, 2.24) is 9.80 Å². The molecule has 0 bridgehead atoms. The highest BCUT2D eigenvalue weighted by Crippen LogP contribution is 2.32. The molecule has 1 heterocycles. The van der Waals surface area contributed by atoms with Crippen LogP contribution >= 0.6 is 0 Å². The van der Waals surface area contributed by atoms with Gasteiger partial charge in [-0.25, -0.2) is 8.78 Å². The van der Waals surface area contributed by atoms with E-state index in [1.165, 1.54) is 24.3 Å². The average Bonchev–Trinajstić information content (AvgIpc) is 3.30. The molecule has 2 aliphatic rings. The smallest absolute Gasteiger partial charge is 0.256 e. The van der Waals surface area contributed by atoms with Gasteiger partial charge in [-0.2, -0.15) is 0 Å². The topological polar surface area (TPSA) is 52.7 Å². The third-order valence-electron chi connectivity index (χ3n) is 6.33. The van der Waals surface area contributed by atoms with E-state index < -0.39 is 5.82 Å². The minimum atomic E-state index is -0.516. The molecule has 0 spiro atoms. The van der Waals surface area contributed by atoms with Crippen LogP contribution in [0.3, 0.4) is 0 Å². The summed E-state index contributed by atoms with van der Waals surface area (Å²) in [5, 5.41) is 2.93. The monoisotopic (exact) mass is 427 g/mol. The highest BCUT2D eigenvalue weighted by molar-refractivity contribution is 5.95. The van der Waals surface area contributed by atoms with Crippen molar-refractivity contribution in [3.63, 3.8) is 0 Å². The second-order valence-electron chi connectivity index (χ2n) is 8.29. The van der Waals surface area contributed by atoms with Crippen molar-refractivity contribution in [3.05, 3.63) is 65.7 Å². The zero-order chi connectivity index (χ0) is 21.8. The van der Waals surface area contributed by atoms with Crippen LogP contribution in [0, 0.1) is 17.6 Å². The fraction of sp³-hybridized carbons (Fsp3) is 0.417. The number of hydrogen-bond donors (Lipinski definition) is 1. The van der Waals surface area contributed by atoms with Crippen LogP contribution in [0.15, 0.2) is 48.5 Å². The molecule has 7 heteroatoms. The van der Waals surface area contributed by atoms with Crippen molar-refractivity contribution in [3.8, 4) is 0 Å². The summed E-state index contributed by atoms with van der Waals surface area (Å²) in [5.41, 5.74) is 0.653. The third kappa shape index (κ3) is 4.93. The molecule has 0 aromatic heterocycles. The number of amides is 2. The van der Waals surface area contributed by atoms with E-state index in [2.05, 4.69) is 10.2 Å².